The Balaban J connectivity index is 1.85. The normalized spacial score (nSPS) is 51.5. The molecule has 2 nitrogen and oxygen atoms in total. The molecule has 0 radical (unpaired) electrons. The fourth-order valence-corrected chi connectivity index (χ4v) is 3.50. The Labute approximate surface area is 80.1 Å². The van der Waals surface area contributed by atoms with Crippen LogP contribution in [0.5, 0.6) is 0 Å². The van der Waals surface area contributed by atoms with E-state index in [1.54, 1.807) is 0 Å². The first-order valence-electron chi connectivity index (χ1n) is 5.40. The van der Waals surface area contributed by atoms with Gasteiger partial charge < -0.3 is 9.31 Å². The third kappa shape index (κ3) is 0.923. The Morgan fingerprint density at radius 1 is 1.23 bits per heavy atom. The van der Waals surface area contributed by atoms with Gasteiger partial charge in [0.15, 0.2) is 0 Å². The molecule has 4 rings (SSSR count). The van der Waals surface area contributed by atoms with Crippen molar-refractivity contribution in [2.75, 3.05) is 0 Å². The van der Waals surface area contributed by atoms with Crippen LogP contribution >= 0.6 is 0 Å². The van der Waals surface area contributed by atoms with Gasteiger partial charge in [0.2, 0.25) is 0 Å². The molecule has 0 aromatic carbocycles. The molecular formula is C10H17BO2. The van der Waals surface area contributed by atoms with Crippen LogP contribution in [0.4, 0.5) is 0 Å². The van der Waals surface area contributed by atoms with Gasteiger partial charge in [0.25, 0.3) is 0 Å². The summed E-state index contributed by atoms with van der Waals surface area (Å²) in [6.45, 7) is 6.78. The van der Waals surface area contributed by atoms with E-state index in [9.17, 15) is 0 Å². The second kappa shape index (κ2) is 2.32. The maximum absolute atomic E-state index is 5.83. The average Bonchev–Trinajstić information content (AvgIpc) is 2.42. The summed E-state index contributed by atoms with van der Waals surface area (Å²) < 4.78 is 11.6. The van der Waals surface area contributed by atoms with Crippen molar-refractivity contribution in [2.45, 2.75) is 45.7 Å². The maximum Gasteiger partial charge on any atom is 0.454 e. The molecule has 0 spiro atoms. The van der Waals surface area contributed by atoms with Gasteiger partial charge in [0.05, 0.1) is 12.2 Å². The molecule has 72 valence electrons. The van der Waals surface area contributed by atoms with Crippen LogP contribution in [-0.4, -0.2) is 19.3 Å². The number of hydrogen-bond acceptors (Lipinski definition) is 2. The molecule has 1 aliphatic heterocycles. The van der Waals surface area contributed by atoms with Crippen molar-refractivity contribution >= 4 is 7.12 Å². The van der Waals surface area contributed by atoms with E-state index in [2.05, 4.69) is 13.8 Å². The van der Waals surface area contributed by atoms with Crippen LogP contribution in [0.15, 0.2) is 0 Å². The minimum atomic E-state index is 0.0325. The zero-order valence-corrected chi connectivity index (χ0v) is 8.62. The largest absolute Gasteiger partial charge is 0.454 e. The van der Waals surface area contributed by atoms with Gasteiger partial charge >= 0.3 is 7.12 Å². The predicted molar refractivity (Wildman–Crippen MR) is 51.4 cm³/mol. The van der Waals surface area contributed by atoms with Crippen LogP contribution in [0.3, 0.4) is 0 Å². The highest BCUT2D eigenvalue weighted by molar-refractivity contribution is 6.43. The Bertz CT molecular complexity index is 241. The van der Waals surface area contributed by atoms with Crippen molar-refractivity contribution in [3.63, 3.8) is 0 Å². The second-order valence-electron chi connectivity index (χ2n) is 5.44. The van der Waals surface area contributed by atoms with Crippen molar-refractivity contribution in [3.8, 4) is 0 Å². The molecule has 0 unspecified atom stereocenters. The van der Waals surface area contributed by atoms with E-state index < -0.39 is 0 Å². The van der Waals surface area contributed by atoms with Crippen LogP contribution < -0.4 is 0 Å². The average molecular weight is 180 g/mol. The number of hydrogen-bond donors (Lipinski definition) is 0. The van der Waals surface area contributed by atoms with Gasteiger partial charge in [-0.25, -0.2) is 0 Å². The fourth-order valence-electron chi connectivity index (χ4n) is 3.50. The Kier molecular flexibility index (Phi) is 1.48. The summed E-state index contributed by atoms with van der Waals surface area (Å²) in [5, 5.41) is 0. The zero-order valence-electron chi connectivity index (χ0n) is 8.62. The highest BCUT2D eigenvalue weighted by atomic mass is 16.7. The molecule has 0 aromatic rings. The molecule has 3 saturated carbocycles. The van der Waals surface area contributed by atoms with E-state index >= 15 is 0 Å². The van der Waals surface area contributed by atoms with Gasteiger partial charge in [-0.05, 0) is 36.9 Å². The predicted octanol–water partition coefficient (Wildman–Crippen LogP) is 1.95. The Morgan fingerprint density at radius 3 is 2.69 bits per heavy atom. The van der Waals surface area contributed by atoms with Crippen LogP contribution in [-0.2, 0) is 9.31 Å². The van der Waals surface area contributed by atoms with E-state index in [-0.39, 0.29) is 7.12 Å². The lowest BCUT2D eigenvalue weighted by Crippen LogP contribution is -2.59. The van der Waals surface area contributed by atoms with Gasteiger partial charge in [-0.2, -0.15) is 0 Å². The maximum atomic E-state index is 5.83. The van der Waals surface area contributed by atoms with E-state index in [0.29, 0.717) is 17.6 Å². The minimum absolute atomic E-state index is 0.0325. The monoisotopic (exact) mass is 180 g/mol. The lowest BCUT2D eigenvalue weighted by Gasteiger charge is -2.60. The van der Waals surface area contributed by atoms with Crippen molar-refractivity contribution in [1.82, 2.24) is 0 Å². The first-order valence-corrected chi connectivity index (χ1v) is 5.40. The molecule has 13 heavy (non-hydrogen) atoms. The molecule has 0 amide bonds. The van der Waals surface area contributed by atoms with Crippen LogP contribution in [0.25, 0.3) is 0 Å². The Hall–Kier alpha value is -0.0151. The Morgan fingerprint density at radius 2 is 2.00 bits per heavy atom. The van der Waals surface area contributed by atoms with Crippen LogP contribution in [0.2, 0.25) is 6.82 Å². The second-order valence-corrected chi connectivity index (χ2v) is 5.44. The van der Waals surface area contributed by atoms with Gasteiger partial charge in [-0.1, -0.05) is 13.8 Å². The lowest BCUT2D eigenvalue weighted by molar-refractivity contribution is -0.150. The fraction of sp³-hybridized carbons (Fsp3) is 1.00. The van der Waals surface area contributed by atoms with E-state index in [1.165, 1.54) is 12.8 Å². The molecular weight excluding hydrogens is 163 g/mol. The van der Waals surface area contributed by atoms with Crippen molar-refractivity contribution < 1.29 is 9.31 Å². The lowest BCUT2D eigenvalue weighted by atomic mass is 9.47. The summed E-state index contributed by atoms with van der Waals surface area (Å²) in [6.07, 6.45) is 3.39. The van der Waals surface area contributed by atoms with Gasteiger partial charge in [0.1, 0.15) is 0 Å². The van der Waals surface area contributed by atoms with Gasteiger partial charge in [-0.15, -0.1) is 0 Å². The van der Waals surface area contributed by atoms with E-state index in [0.717, 1.165) is 11.8 Å². The highest BCUT2D eigenvalue weighted by Gasteiger charge is 2.61. The molecule has 3 aliphatic carbocycles. The number of rotatable bonds is 0. The van der Waals surface area contributed by atoms with Gasteiger partial charge in [-0.3, -0.25) is 0 Å². The summed E-state index contributed by atoms with van der Waals surface area (Å²) in [5.74, 6) is 1.63. The van der Waals surface area contributed by atoms with E-state index in [4.69, 9.17) is 9.31 Å². The summed E-state index contributed by atoms with van der Waals surface area (Å²) in [5.41, 5.74) is 0.509. The minimum Gasteiger partial charge on any atom is -0.406 e. The first kappa shape index (κ1) is 8.31. The summed E-state index contributed by atoms with van der Waals surface area (Å²) in [4.78, 5) is 0. The molecule has 3 heteroatoms. The van der Waals surface area contributed by atoms with Crippen molar-refractivity contribution in [3.05, 3.63) is 0 Å². The van der Waals surface area contributed by atoms with Crippen LogP contribution in [0, 0.1) is 17.3 Å². The molecule has 0 N–H and O–H groups in total. The van der Waals surface area contributed by atoms with E-state index in [1.807, 2.05) is 6.82 Å². The third-order valence-electron chi connectivity index (χ3n) is 4.54. The molecule has 4 fully saturated rings. The standard InChI is InChI=1S/C10H17BO2/c1-10(2)6-4-7(10)9-8(5-6)12-11(3)13-9/h6-9H,4-5H2,1-3H3/t6-,7+,8+,9-/m0/s1. The summed E-state index contributed by atoms with van der Waals surface area (Å²) >= 11 is 0. The zero-order chi connectivity index (χ0) is 9.22. The quantitative estimate of drug-likeness (QED) is 0.530. The molecule has 0 aromatic heterocycles. The van der Waals surface area contributed by atoms with Crippen molar-refractivity contribution in [2.24, 2.45) is 17.3 Å². The smallest absolute Gasteiger partial charge is 0.406 e. The molecule has 1 heterocycles. The highest BCUT2D eigenvalue weighted by Crippen LogP contribution is 2.61. The third-order valence-corrected chi connectivity index (χ3v) is 4.54. The first-order chi connectivity index (χ1) is 6.09. The molecule has 1 saturated heterocycles. The van der Waals surface area contributed by atoms with Crippen molar-refractivity contribution in [1.29, 1.82) is 0 Å². The molecule has 4 atom stereocenters. The topological polar surface area (TPSA) is 18.5 Å². The SMILES string of the molecule is CB1O[C@H]2[C@H]3C[C@@H](C[C@H]2O1)C3(C)C. The van der Waals surface area contributed by atoms with Crippen LogP contribution in [0.1, 0.15) is 26.7 Å². The molecule has 4 aliphatic rings. The summed E-state index contributed by atoms with van der Waals surface area (Å²) in [7, 11) is 0.0325. The molecule has 2 bridgehead atoms. The summed E-state index contributed by atoms with van der Waals surface area (Å²) in [6, 6.07) is 0. The van der Waals surface area contributed by atoms with Gasteiger partial charge in [0, 0.05) is 0 Å².